The van der Waals surface area contributed by atoms with Gasteiger partial charge in [0.25, 0.3) is 10.0 Å². The number of imidazole rings is 1. The average Bonchev–Trinajstić information content (AvgIpc) is 2.82. The predicted molar refractivity (Wildman–Crippen MR) is 82.1 cm³/mol. The van der Waals surface area contributed by atoms with Crippen molar-refractivity contribution in [3.05, 3.63) is 59.3 Å². The molecule has 0 atom stereocenters. The first kappa shape index (κ1) is 14.5. The summed E-state index contributed by atoms with van der Waals surface area (Å²) in [5, 5.41) is 0. The van der Waals surface area contributed by atoms with E-state index in [4.69, 9.17) is 5.73 Å². The zero-order valence-corrected chi connectivity index (χ0v) is 12.4. The van der Waals surface area contributed by atoms with Gasteiger partial charge in [0.1, 0.15) is 5.52 Å². The first-order valence-electron chi connectivity index (χ1n) is 6.63. The molecule has 0 aliphatic carbocycles. The number of rotatable bonds is 4. The van der Waals surface area contributed by atoms with Crippen LogP contribution in [-0.4, -0.2) is 28.5 Å². The van der Waals surface area contributed by atoms with Crippen molar-refractivity contribution in [2.45, 2.75) is 11.4 Å². The first-order valence-corrected chi connectivity index (χ1v) is 8.07. The summed E-state index contributed by atoms with van der Waals surface area (Å²) in [5.41, 5.74) is 5.61. The molecule has 0 aliphatic rings. The SMILES string of the molecule is NCCn1c(=O)n(S(=O)(=O)c2ccccc2)c2cnccc21. The van der Waals surface area contributed by atoms with Gasteiger partial charge in [0.15, 0.2) is 0 Å². The normalized spacial score (nSPS) is 11.9. The van der Waals surface area contributed by atoms with Crippen LogP contribution >= 0.6 is 0 Å². The van der Waals surface area contributed by atoms with Crippen LogP contribution < -0.4 is 11.4 Å². The van der Waals surface area contributed by atoms with Crippen molar-refractivity contribution in [3.8, 4) is 0 Å². The lowest BCUT2D eigenvalue weighted by Gasteiger charge is -2.05. The van der Waals surface area contributed by atoms with E-state index >= 15 is 0 Å². The molecule has 3 aromatic rings. The summed E-state index contributed by atoms with van der Waals surface area (Å²) in [6.45, 7) is 0.462. The second-order valence-corrected chi connectivity index (χ2v) is 6.46. The van der Waals surface area contributed by atoms with Gasteiger partial charge in [0.2, 0.25) is 0 Å². The van der Waals surface area contributed by atoms with Crippen LogP contribution in [0.4, 0.5) is 0 Å². The highest BCUT2D eigenvalue weighted by molar-refractivity contribution is 7.90. The van der Waals surface area contributed by atoms with E-state index in [0.29, 0.717) is 5.52 Å². The molecule has 0 bridgehead atoms. The minimum absolute atomic E-state index is 0.0488. The number of hydrogen-bond acceptors (Lipinski definition) is 5. The molecule has 0 saturated carbocycles. The molecule has 2 aromatic heterocycles. The Bertz CT molecular complexity index is 974. The molecule has 7 nitrogen and oxygen atoms in total. The van der Waals surface area contributed by atoms with Gasteiger partial charge in [0, 0.05) is 19.3 Å². The van der Waals surface area contributed by atoms with Gasteiger partial charge < -0.3 is 5.73 Å². The average molecular weight is 318 g/mol. The monoisotopic (exact) mass is 318 g/mol. The zero-order valence-electron chi connectivity index (χ0n) is 11.6. The molecule has 114 valence electrons. The Balaban J connectivity index is 2.37. The Morgan fingerprint density at radius 1 is 1.09 bits per heavy atom. The molecule has 0 unspecified atom stereocenters. The van der Waals surface area contributed by atoms with Gasteiger partial charge in [-0.3, -0.25) is 9.55 Å². The summed E-state index contributed by atoms with van der Waals surface area (Å²) in [6, 6.07) is 9.42. The van der Waals surface area contributed by atoms with Crippen LogP contribution in [0.3, 0.4) is 0 Å². The van der Waals surface area contributed by atoms with E-state index < -0.39 is 15.7 Å². The topological polar surface area (TPSA) is 100.0 Å². The van der Waals surface area contributed by atoms with Crippen LogP contribution in [0.25, 0.3) is 11.0 Å². The first-order chi connectivity index (χ1) is 10.6. The number of fused-ring (bicyclic) bond motifs is 1. The number of nitrogens with zero attached hydrogens (tertiary/aromatic N) is 3. The van der Waals surface area contributed by atoms with Crippen LogP contribution in [-0.2, 0) is 16.6 Å². The lowest BCUT2D eigenvalue weighted by Crippen LogP contribution is -2.31. The summed E-state index contributed by atoms with van der Waals surface area (Å²) < 4.78 is 27.7. The molecule has 22 heavy (non-hydrogen) atoms. The van der Waals surface area contributed by atoms with Crippen molar-refractivity contribution in [3.63, 3.8) is 0 Å². The third-order valence-electron chi connectivity index (χ3n) is 3.33. The second-order valence-electron chi connectivity index (χ2n) is 4.67. The molecule has 0 aliphatic heterocycles. The standard InChI is InChI=1S/C14H14N4O3S/c15-7-9-17-12-6-8-16-10-13(12)18(14(17)19)22(20,21)11-4-2-1-3-5-11/h1-6,8,10H,7,9,15H2. The Labute approximate surface area is 126 Å². The molecular formula is C14H14N4O3S. The van der Waals surface area contributed by atoms with Crippen molar-refractivity contribution in [2.75, 3.05) is 6.54 Å². The fourth-order valence-corrected chi connectivity index (χ4v) is 3.77. The molecular weight excluding hydrogens is 304 g/mol. The van der Waals surface area contributed by atoms with Gasteiger partial charge in [0.05, 0.1) is 16.6 Å². The molecule has 2 heterocycles. The quantitative estimate of drug-likeness (QED) is 0.750. The Kier molecular flexibility index (Phi) is 3.55. The fraction of sp³-hybridized carbons (Fsp3) is 0.143. The van der Waals surface area contributed by atoms with E-state index in [2.05, 4.69) is 4.98 Å². The van der Waals surface area contributed by atoms with Crippen molar-refractivity contribution >= 4 is 21.1 Å². The lowest BCUT2D eigenvalue weighted by molar-refractivity contribution is 0.583. The van der Waals surface area contributed by atoms with Crippen LogP contribution in [0.2, 0.25) is 0 Å². The van der Waals surface area contributed by atoms with Crippen molar-refractivity contribution in [1.29, 1.82) is 0 Å². The molecule has 0 fully saturated rings. The Morgan fingerprint density at radius 3 is 2.50 bits per heavy atom. The summed E-state index contributed by atoms with van der Waals surface area (Å²) >= 11 is 0. The zero-order chi connectivity index (χ0) is 15.7. The maximum atomic E-state index is 12.8. The van der Waals surface area contributed by atoms with E-state index in [1.54, 1.807) is 24.3 Å². The van der Waals surface area contributed by atoms with E-state index in [0.717, 1.165) is 3.97 Å². The van der Waals surface area contributed by atoms with Crippen LogP contribution in [0.1, 0.15) is 0 Å². The number of nitrogens with two attached hydrogens (primary N) is 1. The van der Waals surface area contributed by atoms with E-state index in [9.17, 15) is 13.2 Å². The molecule has 0 spiro atoms. The Morgan fingerprint density at radius 2 is 1.82 bits per heavy atom. The molecule has 1 aromatic carbocycles. The Hall–Kier alpha value is -2.45. The summed E-state index contributed by atoms with van der Waals surface area (Å²) in [7, 11) is -3.99. The van der Waals surface area contributed by atoms with Gasteiger partial charge >= 0.3 is 5.69 Å². The number of benzene rings is 1. The van der Waals surface area contributed by atoms with Gasteiger partial charge in [-0.1, -0.05) is 18.2 Å². The second kappa shape index (κ2) is 5.39. The highest BCUT2D eigenvalue weighted by Gasteiger charge is 2.24. The molecule has 8 heteroatoms. The number of pyridine rings is 1. The summed E-state index contributed by atoms with van der Waals surface area (Å²) in [6.07, 6.45) is 2.87. The molecule has 0 amide bonds. The molecule has 0 saturated heterocycles. The van der Waals surface area contributed by atoms with E-state index in [1.165, 1.54) is 29.1 Å². The van der Waals surface area contributed by atoms with Gasteiger partial charge in [-0.15, -0.1) is 0 Å². The minimum Gasteiger partial charge on any atom is -0.329 e. The van der Waals surface area contributed by atoms with E-state index in [-0.39, 0.29) is 23.5 Å². The highest BCUT2D eigenvalue weighted by atomic mass is 32.2. The maximum absolute atomic E-state index is 12.8. The number of aromatic nitrogens is 3. The predicted octanol–water partition coefficient (Wildman–Crippen LogP) is 0.394. The van der Waals surface area contributed by atoms with Crippen LogP contribution in [0, 0.1) is 0 Å². The summed E-state index contributed by atoms with van der Waals surface area (Å²) in [4.78, 5) is 16.5. The lowest BCUT2D eigenvalue weighted by atomic mass is 10.4. The van der Waals surface area contributed by atoms with Crippen molar-refractivity contribution in [2.24, 2.45) is 5.73 Å². The molecule has 0 radical (unpaired) electrons. The van der Waals surface area contributed by atoms with Crippen LogP contribution in [0.15, 0.2) is 58.5 Å². The third-order valence-corrected chi connectivity index (χ3v) is 5.03. The van der Waals surface area contributed by atoms with E-state index in [1.807, 2.05) is 0 Å². The van der Waals surface area contributed by atoms with Gasteiger partial charge in [-0.25, -0.2) is 13.2 Å². The molecule has 3 rings (SSSR count). The fourth-order valence-electron chi connectivity index (χ4n) is 2.35. The van der Waals surface area contributed by atoms with Crippen LogP contribution in [0.5, 0.6) is 0 Å². The minimum atomic E-state index is -3.99. The highest BCUT2D eigenvalue weighted by Crippen LogP contribution is 2.18. The van der Waals surface area contributed by atoms with Crippen molar-refractivity contribution in [1.82, 2.24) is 13.5 Å². The van der Waals surface area contributed by atoms with Gasteiger partial charge in [-0.2, -0.15) is 3.97 Å². The largest absolute Gasteiger partial charge is 0.343 e. The van der Waals surface area contributed by atoms with Crippen molar-refractivity contribution < 1.29 is 8.42 Å². The third kappa shape index (κ3) is 2.13. The maximum Gasteiger partial charge on any atom is 0.343 e. The molecule has 2 N–H and O–H groups in total. The van der Waals surface area contributed by atoms with Gasteiger partial charge in [-0.05, 0) is 18.2 Å². The number of hydrogen-bond donors (Lipinski definition) is 1. The summed E-state index contributed by atoms with van der Waals surface area (Å²) in [5.74, 6) is 0. The smallest absolute Gasteiger partial charge is 0.329 e.